The zero-order valence-electron chi connectivity index (χ0n) is 18.2. The molecule has 1 aromatic heterocycles. The van der Waals surface area contributed by atoms with Crippen LogP contribution in [0, 0.1) is 6.92 Å². The van der Waals surface area contributed by atoms with Gasteiger partial charge in [-0.05, 0) is 73.3 Å². The lowest BCUT2D eigenvalue weighted by atomic mass is 10.0. The van der Waals surface area contributed by atoms with E-state index in [1.54, 1.807) is 10.9 Å². The van der Waals surface area contributed by atoms with Crippen LogP contribution in [0.25, 0.3) is 27.5 Å². The summed E-state index contributed by atoms with van der Waals surface area (Å²) in [7, 11) is 0. The zero-order chi connectivity index (χ0) is 22.9. The van der Waals surface area contributed by atoms with Gasteiger partial charge in [0, 0.05) is 21.7 Å². The predicted octanol–water partition coefficient (Wildman–Crippen LogP) is 6.19. The Balaban J connectivity index is 1.46. The molecule has 7 heteroatoms. The van der Waals surface area contributed by atoms with Gasteiger partial charge in [-0.3, -0.25) is 4.79 Å². The Labute approximate surface area is 195 Å². The fraction of sp³-hybridized carbons (Fsp3) is 0.115. The molecule has 0 saturated heterocycles. The molecule has 5 rings (SSSR count). The van der Waals surface area contributed by atoms with Gasteiger partial charge in [0.25, 0.3) is 5.91 Å². The van der Waals surface area contributed by atoms with Crippen LogP contribution in [0.1, 0.15) is 22.8 Å². The molecule has 164 valence electrons. The monoisotopic (exact) mass is 456 g/mol. The lowest BCUT2D eigenvalue weighted by molar-refractivity contribution is 0.102. The number of amides is 1. The number of hydrogen-bond acceptors (Lipinski definition) is 4. The van der Waals surface area contributed by atoms with Crippen molar-refractivity contribution < 1.29 is 9.53 Å². The molecule has 1 N–H and O–H groups in total. The molecule has 0 saturated carbocycles. The van der Waals surface area contributed by atoms with Gasteiger partial charge in [0.15, 0.2) is 0 Å². The third-order valence-electron chi connectivity index (χ3n) is 5.47. The molecule has 0 aliphatic rings. The summed E-state index contributed by atoms with van der Waals surface area (Å²) in [5.41, 5.74) is 4.40. The SMILES string of the molecule is CCOc1ccc(-n2nc3cc(C)c(NC(=O)c4cccc5c(Cl)cccc45)cc3n2)cc1. The van der Waals surface area contributed by atoms with E-state index in [4.69, 9.17) is 16.3 Å². The van der Waals surface area contributed by atoms with E-state index in [0.29, 0.717) is 28.4 Å². The van der Waals surface area contributed by atoms with Crippen molar-refractivity contribution in [3.63, 3.8) is 0 Å². The van der Waals surface area contributed by atoms with Gasteiger partial charge in [-0.1, -0.05) is 35.9 Å². The molecule has 0 fully saturated rings. The number of ether oxygens (including phenoxy) is 1. The Morgan fingerprint density at radius 1 is 0.970 bits per heavy atom. The lowest BCUT2D eigenvalue weighted by Gasteiger charge is -2.10. The molecular formula is C26H21ClN4O2. The molecule has 5 aromatic rings. The highest BCUT2D eigenvalue weighted by Crippen LogP contribution is 2.28. The van der Waals surface area contributed by atoms with E-state index >= 15 is 0 Å². The number of hydrogen-bond donors (Lipinski definition) is 1. The normalized spacial score (nSPS) is 11.1. The van der Waals surface area contributed by atoms with Gasteiger partial charge in [-0.15, -0.1) is 10.2 Å². The van der Waals surface area contributed by atoms with Crippen LogP contribution < -0.4 is 10.1 Å². The van der Waals surface area contributed by atoms with Crippen molar-refractivity contribution >= 4 is 45.0 Å². The van der Waals surface area contributed by atoms with Crippen molar-refractivity contribution in [1.29, 1.82) is 0 Å². The number of nitrogens with zero attached hydrogens (tertiary/aromatic N) is 3. The first-order chi connectivity index (χ1) is 16.0. The fourth-order valence-electron chi connectivity index (χ4n) is 3.82. The van der Waals surface area contributed by atoms with Crippen molar-refractivity contribution in [2.45, 2.75) is 13.8 Å². The minimum absolute atomic E-state index is 0.204. The topological polar surface area (TPSA) is 69.0 Å². The molecule has 6 nitrogen and oxygen atoms in total. The summed E-state index contributed by atoms with van der Waals surface area (Å²) in [6.45, 7) is 4.50. The average molecular weight is 457 g/mol. The molecule has 0 spiro atoms. The molecule has 1 heterocycles. The summed E-state index contributed by atoms with van der Waals surface area (Å²) < 4.78 is 5.50. The average Bonchev–Trinajstić information content (AvgIpc) is 3.22. The molecule has 33 heavy (non-hydrogen) atoms. The third-order valence-corrected chi connectivity index (χ3v) is 5.80. The largest absolute Gasteiger partial charge is 0.494 e. The number of aryl methyl sites for hydroxylation is 1. The van der Waals surface area contributed by atoms with Gasteiger partial charge in [-0.2, -0.15) is 4.80 Å². The first kappa shape index (κ1) is 21.0. The van der Waals surface area contributed by atoms with Crippen LogP contribution in [0.5, 0.6) is 5.75 Å². The zero-order valence-corrected chi connectivity index (χ0v) is 18.9. The summed E-state index contributed by atoms with van der Waals surface area (Å²) >= 11 is 6.31. The van der Waals surface area contributed by atoms with Crippen LogP contribution in [0.3, 0.4) is 0 Å². The highest BCUT2D eigenvalue weighted by atomic mass is 35.5. The molecule has 4 aromatic carbocycles. The first-order valence-electron chi connectivity index (χ1n) is 10.6. The minimum Gasteiger partial charge on any atom is -0.494 e. The summed E-state index contributed by atoms with van der Waals surface area (Å²) in [4.78, 5) is 14.7. The maximum atomic E-state index is 13.1. The Morgan fingerprint density at radius 2 is 1.67 bits per heavy atom. The van der Waals surface area contributed by atoms with E-state index in [0.717, 1.165) is 33.3 Å². The van der Waals surface area contributed by atoms with Gasteiger partial charge < -0.3 is 10.1 Å². The van der Waals surface area contributed by atoms with Gasteiger partial charge >= 0.3 is 0 Å². The van der Waals surface area contributed by atoms with E-state index in [1.165, 1.54) is 0 Å². The summed E-state index contributed by atoms with van der Waals surface area (Å²) in [5.74, 6) is 0.595. The van der Waals surface area contributed by atoms with E-state index in [1.807, 2.05) is 80.6 Å². The molecule has 0 aliphatic heterocycles. The standard InChI is InChI=1S/C26H21ClN4O2/c1-3-33-18-12-10-17(11-13-18)31-29-24-14-16(2)23(15-25(24)30-31)28-26(32)21-8-4-7-20-19(21)6-5-9-22(20)27/h4-15H,3H2,1-2H3,(H,28,32). The summed E-state index contributed by atoms with van der Waals surface area (Å²) in [6, 6.07) is 22.5. The highest BCUT2D eigenvalue weighted by molar-refractivity contribution is 6.36. The van der Waals surface area contributed by atoms with Gasteiger partial charge in [0.2, 0.25) is 0 Å². The van der Waals surface area contributed by atoms with E-state index < -0.39 is 0 Å². The van der Waals surface area contributed by atoms with E-state index in [-0.39, 0.29) is 5.91 Å². The van der Waals surface area contributed by atoms with Crippen LogP contribution >= 0.6 is 11.6 Å². The van der Waals surface area contributed by atoms with Crippen molar-refractivity contribution in [2.24, 2.45) is 0 Å². The van der Waals surface area contributed by atoms with Crippen LogP contribution in [0.15, 0.2) is 72.8 Å². The minimum atomic E-state index is -0.204. The smallest absolute Gasteiger partial charge is 0.256 e. The number of carbonyl (C=O) groups excluding carboxylic acids is 1. The Morgan fingerprint density at radius 3 is 2.42 bits per heavy atom. The fourth-order valence-corrected chi connectivity index (χ4v) is 4.06. The number of carbonyl (C=O) groups is 1. The Bertz CT molecular complexity index is 1490. The second kappa shape index (κ2) is 8.56. The number of benzene rings is 4. The number of anilines is 1. The maximum absolute atomic E-state index is 13.1. The quantitative estimate of drug-likeness (QED) is 0.342. The Kier molecular flexibility index (Phi) is 5.44. The van der Waals surface area contributed by atoms with Crippen molar-refractivity contribution in [1.82, 2.24) is 15.0 Å². The molecule has 1 amide bonds. The number of nitrogens with one attached hydrogen (secondary N) is 1. The second-order valence-electron chi connectivity index (χ2n) is 7.67. The molecule has 0 aliphatic carbocycles. The Hall–Kier alpha value is -3.90. The number of aromatic nitrogens is 3. The van der Waals surface area contributed by atoms with Gasteiger partial charge in [-0.25, -0.2) is 0 Å². The highest BCUT2D eigenvalue weighted by Gasteiger charge is 2.14. The number of halogens is 1. The van der Waals surface area contributed by atoms with Crippen molar-refractivity contribution in [3.8, 4) is 11.4 Å². The predicted molar refractivity (Wildman–Crippen MR) is 132 cm³/mol. The third kappa shape index (κ3) is 4.01. The van der Waals surface area contributed by atoms with Gasteiger partial charge in [0.1, 0.15) is 16.8 Å². The maximum Gasteiger partial charge on any atom is 0.256 e. The summed E-state index contributed by atoms with van der Waals surface area (Å²) in [6.07, 6.45) is 0. The number of fused-ring (bicyclic) bond motifs is 2. The van der Waals surface area contributed by atoms with Crippen LogP contribution in [-0.4, -0.2) is 27.5 Å². The van der Waals surface area contributed by atoms with Gasteiger partial charge in [0.05, 0.1) is 12.3 Å². The molecule has 0 radical (unpaired) electrons. The van der Waals surface area contributed by atoms with Crippen LogP contribution in [0.4, 0.5) is 5.69 Å². The van der Waals surface area contributed by atoms with Crippen LogP contribution in [-0.2, 0) is 0 Å². The first-order valence-corrected chi connectivity index (χ1v) is 11.0. The van der Waals surface area contributed by atoms with Crippen molar-refractivity contribution in [2.75, 3.05) is 11.9 Å². The molecule has 0 atom stereocenters. The molecule has 0 unspecified atom stereocenters. The number of rotatable bonds is 5. The van der Waals surface area contributed by atoms with E-state index in [9.17, 15) is 4.79 Å². The lowest BCUT2D eigenvalue weighted by Crippen LogP contribution is -2.13. The van der Waals surface area contributed by atoms with E-state index in [2.05, 4.69) is 15.5 Å². The van der Waals surface area contributed by atoms with Crippen molar-refractivity contribution in [3.05, 3.63) is 88.9 Å². The van der Waals surface area contributed by atoms with Crippen LogP contribution in [0.2, 0.25) is 5.02 Å². The molecular weight excluding hydrogens is 436 g/mol. The molecule has 0 bridgehead atoms. The second-order valence-corrected chi connectivity index (χ2v) is 8.07. The summed E-state index contributed by atoms with van der Waals surface area (Å²) in [5, 5.41) is 14.5.